The quantitative estimate of drug-likeness (QED) is 0.822. The minimum Gasteiger partial charge on any atom is -0.507 e. The molecule has 0 aromatic heterocycles. The molecular weight excluding hydrogens is 329 g/mol. The molecule has 0 radical (unpaired) electrons. The van der Waals surface area contributed by atoms with Gasteiger partial charge in [-0.15, -0.1) is 0 Å². The van der Waals surface area contributed by atoms with Crippen LogP contribution in [0.25, 0.3) is 0 Å². The third-order valence-corrected chi connectivity index (χ3v) is 3.73. The highest BCUT2D eigenvalue weighted by Crippen LogP contribution is 2.20. The van der Waals surface area contributed by atoms with Crippen LogP contribution >= 0.6 is 22.6 Å². The maximum absolute atomic E-state index is 12.0. The molecule has 2 unspecified atom stereocenters. The molecule has 3 nitrogen and oxygen atoms in total. The highest BCUT2D eigenvalue weighted by Gasteiger charge is 2.16. The van der Waals surface area contributed by atoms with E-state index in [1.807, 2.05) is 6.92 Å². The number of rotatable bonds is 4. The topological polar surface area (TPSA) is 49.3 Å². The number of hydrogen-bond donors (Lipinski definition) is 2. The van der Waals surface area contributed by atoms with Crippen molar-refractivity contribution in [3.8, 4) is 5.75 Å². The van der Waals surface area contributed by atoms with E-state index in [-0.39, 0.29) is 17.7 Å². The molecular formula is C13H18INO2. The Hall–Kier alpha value is -0.780. The number of phenolic OH excluding ortho intramolecular Hbond substituents is 1. The van der Waals surface area contributed by atoms with Crippen LogP contribution in [0.5, 0.6) is 5.75 Å². The smallest absolute Gasteiger partial charge is 0.255 e. The van der Waals surface area contributed by atoms with E-state index < -0.39 is 0 Å². The van der Waals surface area contributed by atoms with Gasteiger partial charge in [-0.05, 0) is 53.6 Å². The summed E-state index contributed by atoms with van der Waals surface area (Å²) in [6.45, 7) is 6.17. The van der Waals surface area contributed by atoms with Gasteiger partial charge in [0.25, 0.3) is 5.91 Å². The molecule has 0 bridgehead atoms. The van der Waals surface area contributed by atoms with Gasteiger partial charge in [0.05, 0.1) is 5.56 Å². The summed E-state index contributed by atoms with van der Waals surface area (Å²) in [6, 6.07) is 5.11. The lowest BCUT2D eigenvalue weighted by atomic mass is 10.0. The Morgan fingerprint density at radius 1 is 1.47 bits per heavy atom. The van der Waals surface area contributed by atoms with E-state index in [0.717, 1.165) is 9.99 Å². The minimum absolute atomic E-state index is 0.0271. The fourth-order valence-electron chi connectivity index (χ4n) is 1.47. The third kappa shape index (κ3) is 3.87. The molecule has 0 saturated heterocycles. The van der Waals surface area contributed by atoms with Crippen LogP contribution in [0, 0.1) is 9.49 Å². The van der Waals surface area contributed by atoms with Gasteiger partial charge in [0.1, 0.15) is 5.75 Å². The number of nitrogens with one attached hydrogen (secondary N) is 1. The predicted octanol–water partition coefficient (Wildman–Crippen LogP) is 3.16. The lowest BCUT2D eigenvalue weighted by Crippen LogP contribution is -2.36. The van der Waals surface area contributed by atoms with E-state index in [2.05, 4.69) is 41.8 Å². The van der Waals surface area contributed by atoms with E-state index in [4.69, 9.17) is 0 Å². The van der Waals surface area contributed by atoms with E-state index in [0.29, 0.717) is 11.5 Å². The summed E-state index contributed by atoms with van der Waals surface area (Å²) < 4.78 is 0.932. The van der Waals surface area contributed by atoms with Crippen LogP contribution in [0.2, 0.25) is 0 Å². The largest absolute Gasteiger partial charge is 0.507 e. The van der Waals surface area contributed by atoms with Gasteiger partial charge in [-0.2, -0.15) is 0 Å². The fraction of sp³-hybridized carbons (Fsp3) is 0.462. The molecule has 0 fully saturated rings. The van der Waals surface area contributed by atoms with Crippen LogP contribution in [0.4, 0.5) is 0 Å². The Balaban J connectivity index is 2.79. The van der Waals surface area contributed by atoms with Crippen molar-refractivity contribution >= 4 is 28.5 Å². The number of hydrogen-bond acceptors (Lipinski definition) is 2. The monoisotopic (exact) mass is 347 g/mol. The minimum atomic E-state index is -0.214. The second kappa shape index (κ2) is 6.23. The molecule has 0 heterocycles. The first-order valence-corrected chi connectivity index (χ1v) is 6.83. The first-order chi connectivity index (χ1) is 7.95. The Morgan fingerprint density at radius 2 is 2.12 bits per heavy atom. The van der Waals surface area contributed by atoms with Gasteiger partial charge in [0.15, 0.2) is 0 Å². The van der Waals surface area contributed by atoms with Crippen LogP contribution in [-0.4, -0.2) is 17.1 Å². The highest BCUT2D eigenvalue weighted by molar-refractivity contribution is 14.1. The van der Waals surface area contributed by atoms with Gasteiger partial charge in [0, 0.05) is 9.61 Å². The second-order valence-electron chi connectivity index (χ2n) is 4.31. The number of halogens is 1. The Morgan fingerprint density at radius 3 is 2.71 bits per heavy atom. The highest BCUT2D eigenvalue weighted by atomic mass is 127. The van der Waals surface area contributed by atoms with Gasteiger partial charge < -0.3 is 10.4 Å². The molecule has 2 atom stereocenters. The van der Waals surface area contributed by atoms with Crippen molar-refractivity contribution in [2.75, 3.05) is 0 Å². The summed E-state index contributed by atoms with van der Waals surface area (Å²) in [5.41, 5.74) is 0.340. The second-order valence-corrected chi connectivity index (χ2v) is 5.55. The Labute approximate surface area is 116 Å². The molecule has 94 valence electrons. The summed E-state index contributed by atoms with van der Waals surface area (Å²) in [5, 5.41) is 12.6. The Kier molecular flexibility index (Phi) is 5.24. The molecule has 0 aliphatic rings. The van der Waals surface area contributed by atoms with Crippen molar-refractivity contribution < 1.29 is 9.90 Å². The predicted molar refractivity (Wildman–Crippen MR) is 77.2 cm³/mol. The first kappa shape index (κ1) is 14.3. The standard InChI is InChI=1S/C13H18INO2/c1-4-8(2)9(3)15-13(17)11-7-10(14)5-6-12(11)16/h5-9,16H,4H2,1-3H3,(H,15,17). The van der Waals surface area contributed by atoms with E-state index in [9.17, 15) is 9.90 Å². The van der Waals surface area contributed by atoms with Crippen LogP contribution in [0.15, 0.2) is 18.2 Å². The van der Waals surface area contributed by atoms with E-state index in [1.165, 1.54) is 0 Å². The molecule has 1 amide bonds. The molecule has 1 rings (SSSR count). The van der Waals surface area contributed by atoms with Crippen molar-refractivity contribution in [3.05, 3.63) is 27.3 Å². The average Bonchev–Trinajstić information content (AvgIpc) is 2.30. The number of carbonyl (C=O) groups excluding carboxylic acids is 1. The fourth-order valence-corrected chi connectivity index (χ4v) is 1.96. The summed E-state index contributed by atoms with van der Waals surface area (Å²) in [4.78, 5) is 12.0. The van der Waals surface area contributed by atoms with Crippen molar-refractivity contribution in [1.82, 2.24) is 5.32 Å². The van der Waals surface area contributed by atoms with Crippen molar-refractivity contribution in [1.29, 1.82) is 0 Å². The molecule has 0 aliphatic carbocycles. The summed E-state index contributed by atoms with van der Waals surface area (Å²) in [6.07, 6.45) is 1.01. The SMILES string of the molecule is CCC(C)C(C)NC(=O)c1cc(I)ccc1O. The molecule has 17 heavy (non-hydrogen) atoms. The molecule has 1 aromatic carbocycles. The van der Waals surface area contributed by atoms with Crippen molar-refractivity contribution in [3.63, 3.8) is 0 Å². The zero-order valence-electron chi connectivity index (χ0n) is 10.3. The number of aromatic hydroxyl groups is 1. The zero-order valence-corrected chi connectivity index (χ0v) is 12.5. The first-order valence-electron chi connectivity index (χ1n) is 5.75. The molecule has 2 N–H and O–H groups in total. The molecule has 1 aromatic rings. The summed E-state index contributed by atoms with van der Waals surface area (Å²) >= 11 is 2.12. The van der Waals surface area contributed by atoms with Gasteiger partial charge in [-0.25, -0.2) is 0 Å². The third-order valence-electron chi connectivity index (χ3n) is 3.06. The van der Waals surface area contributed by atoms with Crippen LogP contribution in [-0.2, 0) is 0 Å². The van der Waals surface area contributed by atoms with E-state index in [1.54, 1.807) is 18.2 Å². The van der Waals surface area contributed by atoms with Crippen LogP contribution in [0.1, 0.15) is 37.6 Å². The van der Waals surface area contributed by atoms with Crippen molar-refractivity contribution in [2.45, 2.75) is 33.2 Å². The molecule has 0 aliphatic heterocycles. The van der Waals surface area contributed by atoms with Gasteiger partial charge in [-0.3, -0.25) is 4.79 Å². The number of benzene rings is 1. The molecule has 0 saturated carbocycles. The lowest BCUT2D eigenvalue weighted by molar-refractivity contribution is 0.0925. The molecule has 0 spiro atoms. The number of carbonyl (C=O) groups is 1. The van der Waals surface area contributed by atoms with Crippen molar-refractivity contribution in [2.24, 2.45) is 5.92 Å². The number of phenols is 1. The summed E-state index contributed by atoms with van der Waals surface area (Å²) in [5.74, 6) is 0.233. The van der Waals surface area contributed by atoms with Gasteiger partial charge in [-0.1, -0.05) is 20.3 Å². The lowest BCUT2D eigenvalue weighted by Gasteiger charge is -2.20. The van der Waals surface area contributed by atoms with Gasteiger partial charge >= 0.3 is 0 Å². The normalized spacial score (nSPS) is 14.1. The Bertz CT molecular complexity index is 406. The number of amides is 1. The maximum atomic E-state index is 12.0. The molecule has 4 heteroatoms. The summed E-state index contributed by atoms with van der Waals surface area (Å²) in [7, 11) is 0. The average molecular weight is 347 g/mol. The van der Waals surface area contributed by atoms with E-state index >= 15 is 0 Å². The van der Waals surface area contributed by atoms with Gasteiger partial charge in [0.2, 0.25) is 0 Å². The zero-order chi connectivity index (χ0) is 13.0. The maximum Gasteiger partial charge on any atom is 0.255 e. The van der Waals surface area contributed by atoms with Crippen LogP contribution < -0.4 is 5.32 Å². The van der Waals surface area contributed by atoms with Crippen LogP contribution in [0.3, 0.4) is 0 Å².